The summed E-state index contributed by atoms with van der Waals surface area (Å²) in [5.74, 6) is 1.87. The molecule has 7 heteroatoms. The van der Waals surface area contributed by atoms with Crippen LogP contribution in [0, 0.1) is 6.92 Å². The molecular formula is C27H28N2O4S. The van der Waals surface area contributed by atoms with E-state index in [4.69, 9.17) is 14.2 Å². The van der Waals surface area contributed by atoms with Gasteiger partial charge in [-0.2, -0.15) is 0 Å². The summed E-state index contributed by atoms with van der Waals surface area (Å²) in [5.41, 5.74) is 4.74. The topological polar surface area (TPSA) is 68.8 Å². The molecule has 0 fully saturated rings. The molecule has 2 heterocycles. The number of thiophene rings is 1. The van der Waals surface area contributed by atoms with Gasteiger partial charge in [-0.15, -0.1) is 11.3 Å². The van der Waals surface area contributed by atoms with E-state index in [0.717, 1.165) is 33.1 Å². The van der Waals surface area contributed by atoms with Crippen molar-refractivity contribution in [2.75, 3.05) is 32.0 Å². The van der Waals surface area contributed by atoms with Crippen LogP contribution in [0.3, 0.4) is 0 Å². The number of hydrogen-bond acceptors (Lipinski definition) is 7. The SMILES string of the molecule is COc1cc(C2CC(=O)C3=C(C2)Nc2ccccc2NC3c2ccc(C)s2)cc(OC)c1OC. The van der Waals surface area contributed by atoms with Crippen LogP contribution in [0.2, 0.25) is 0 Å². The second kappa shape index (κ2) is 9.06. The molecule has 2 aliphatic rings. The van der Waals surface area contributed by atoms with Crippen molar-refractivity contribution in [3.05, 3.63) is 75.1 Å². The highest BCUT2D eigenvalue weighted by molar-refractivity contribution is 7.12. The van der Waals surface area contributed by atoms with E-state index in [-0.39, 0.29) is 17.7 Å². The number of anilines is 2. The average Bonchev–Trinajstić information content (AvgIpc) is 3.20. The number of aryl methyl sites for hydroxylation is 1. The first-order valence-electron chi connectivity index (χ1n) is 11.3. The molecule has 5 rings (SSSR count). The van der Waals surface area contributed by atoms with Crippen molar-refractivity contribution >= 4 is 28.5 Å². The number of hydrogen-bond donors (Lipinski definition) is 2. The van der Waals surface area contributed by atoms with Gasteiger partial charge < -0.3 is 24.8 Å². The zero-order chi connectivity index (χ0) is 23.8. The van der Waals surface area contributed by atoms with Crippen LogP contribution < -0.4 is 24.8 Å². The van der Waals surface area contributed by atoms with Gasteiger partial charge in [-0.3, -0.25) is 4.79 Å². The number of fused-ring (bicyclic) bond motifs is 1. The van der Waals surface area contributed by atoms with Crippen molar-refractivity contribution in [2.45, 2.75) is 31.7 Å². The number of nitrogens with one attached hydrogen (secondary N) is 2. The molecular weight excluding hydrogens is 448 g/mol. The van der Waals surface area contributed by atoms with Gasteiger partial charge in [0.05, 0.1) is 38.7 Å². The van der Waals surface area contributed by atoms with Crippen LogP contribution in [0.15, 0.2) is 59.8 Å². The maximum Gasteiger partial charge on any atom is 0.203 e. The Labute approximate surface area is 203 Å². The Kier molecular flexibility index (Phi) is 5.96. The minimum absolute atomic E-state index is 0.0107. The molecule has 6 nitrogen and oxygen atoms in total. The van der Waals surface area contributed by atoms with Crippen molar-refractivity contribution in [1.29, 1.82) is 0 Å². The second-order valence-corrected chi connectivity index (χ2v) is 9.90. The minimum atomic E-state index is -0.182. The highest BCUT2D eigenvalue weighted by Gasteiger charge is 2.37. The van der Waals surface area contributed by atoms with Crippen molar-refractivity contribution in [3.8, 4) is 17.2 Å². The van der Waals surface area contributed by atoms with Gasteiger partial charge in [0.2, 0.25) is 5.75 Å². The number of ether oxygens (including phenoxy) is 3. The van der Waals surface area contributed by atoms with E-state index >= 15 is 0 Å². The van der Waals surface area contributed by atoms with Crippen molar-refractivity contribution in [3.63, 3.8) is 0 Å². The van der Waals surface area contributed by atoms with Crippen molar-refractivity contribution in [1.82, 2.24) is 0 Å². The Balaban J connectivity index is 1.59. The first kappa shape index (κ1) is 22.3. The molecule has 1 aliphatic carbocycles. The third-order valence-corrected chi connectivity index (χ3v) is 7.58. The zero-order valence-electron chi connectivity index (χ0n) is 19.7. The molecule has 2 atom stereocenters. The quantitative estimate of drug-likeness (QED) is 0.466. The summed E-state index contributed by atoms with van der Waals surface area (Å²) >= 11 is 1.72. The predicted molar refractivity (Wildman–Crippen MR) is 136 cm³/mol. The van der Waals surface area contributed by atoms with E-state index in [1.54, 1.807) is 32.7 Å². The second-order valence-electron chi connectivity index (χ2n) is 8.58. The van der Waals surface area contributed by atoms with E-state index in [1.807, 2.05) is 30.3 Å². The molecule has 176 valence electrons. The average molecular weight is 477 g/mol. The van der Waals surface area contributed by atoms with E-state index in [9.17, 15) is 4.79 Å². The van der Waals surface area contributed by atoms with Gasteiger partial charge in [-0.05, 0) is 61.2 Å². The lowest BCUT2D eigenvalue weighted by Crippen LogP contribution is -2.26. The first-order chi connectivity index (χ1) is 16.5. The van der Waals surface area contributed by atoms with Gasteiger partial charge in [-0.1, -0.05) is 12.1 Å². The van der Waals surface area contributed by atoms with Crippen LogP contribution in [0.4, 0.5) is 11.4 Å². The molecule has 0 saturated heterocycles. The monoisotopic (exact) mass is 476 g/mol. The predicted octanol–water partition coefficient (Wildman–Crippen LogP) is 6.06. The van der Waals surface area contributed by atoms with E-state index in [2.05, 4.69) is 35.8 Å². The molecule has 0 bridgehead atoms. The first-order valence-corrected chi connectivity index (χ1v) is 12.1. The third-order valence-electron chi connectivity index (χ3n) is 6.51. The summed E-state index contributed by atoms with van der Waals surface area (Å²) in [7, 11) is 4.81. The fourth-order valence-electron chi connectivity index (χ4n) is 4.89. The fraction of sp³-hybridized carbons (Fsp3) is 0.296. The number of benzene rings is 2. The lowest BCUT2D eigenvalue weighted by Gasteiger charge is -2.30. The smallest absolute Gasteiger partial charge is 0.203 e. The summed E-state index contributed by atoms with van der Waals surface area (Å²) in [6, 6.07) is 16.1. The molecule has 2 unspecified atom stereocenters. The van der Waals surface area contributed by atoms with Gasteiger partial charge in [0.1, 0.15) is 0 Å². The highest BCUT2D eigenvalue weighted by Crippen LogP contribution is 2.47. The van der Waals surface area contributed by atoms with E-state index in [0.29, 0.717) is 30.1 Å². The number of ketones is 1. The van der Waals surface area contributed by atoms with Gasteiger partial charge in [0.25, 0.3) is 0 Å². The number of carbonyl (C=O) groups excluding carboxylic acids is 1. The Morgan fingerprint density at radius 3 is 2.24 bits per heavy atom. The largest absolute Gasteiger partial charge is 0.493 e. The molecule has 2 N–H and O–H groups in total. The fourth-order valence-corrected chi connectivity index (χ4v) is 5.83. The number of allylic oxidation sites excluding steroid dienone is 1. The lowest BCUT2D eigenvalue weighted by atomic mass is 9.79. The van der Waals surface area contributed by atoms with Crippen LogP contribution in [0.1, 0.15) is 40.1 Å². The summed E-state index contributed by atoms with van der Waals surface area (Å²) in [4.78, 5) is 16.1. The van der Waals surface area contributed by atoms with E-state index in [1.165, 1.54) is 4.88 Å². The Morgan fingerprint density at radius 2 is 1.62 bits per heavy atom. The van der Waals surface area contributed by atoms with Crippen molar-refractivity contribution < 1.29 is 19.0 Å². The van der Waals surface area contributed by atoms with Crippen LogP contribution >= 0.6 is 11.3 Å². The minimum Gasteiger partial charge on any atom is -0.493 e. The van der Waals surface area contributed by atoms with Crippen molar-refractivity contribution in [2.24, 2.45) is 0 Å². The summed E-state index contributed by atoms with van der Waals surface area (Å²) in [5, 5.41) is 7.23. The Hall–Kier alpha value is -3.45. The highest BCUT2D eigenvalue weighted by atomic mass is 32.1. The van der Waals surface area contributed by atoms with Crippen LogP contribution in [0.25, 0.3) is 0 Å². The molecule has 3 aromatic rings. The molecule has 0 saturated carbocycles. The summed E-state index contributed by atoms with van der Waals surface area (Å²) in [6.07, 6.45) is 1.12. The number of methoxy groups -OCH3 is 3. The third kappa shape index (κ3) is 3.90. The Morgan fingerprint density at radius 1 is 0.912 bits per heavy atom. The molecule has 1 aliphatic heterocycles. The summed E-state index contributed by atoms with van der Waals surface area (Å²) in [6.45, 7) is 2.09. The standard InChI is InChI=1S/C27H28N2O4S/c1-15-9-10-24(34-15)26-25-20(28-18-7-5-6-8-19(18)29-26)11-16(12-21(25)30)17-13-22(31-2)27(33-4)23(14-17)32-3/h5-10,13-14,16,26,28-29H,11-12H2,1-4H3. The number of Topliss-reactive ketones (excluding diaryl/α,β-unsaturated/α-hetero) is 1. The molecule has 34 heavy (non-hydrogen) atoms. The van der Waals surface area contributed by atoms with Crippen LogP contribution in [-0.2, 0) is 4.79 Å². The summed E-state index contributed by atoms with van der Waals surface area (Å²) < 4.78 is 16.6. The molecule has 1 aromatic heterocycles. The van der Waals surface area contributed by atoms with Gasteiger partial charge in [0.15, 0.2) is 17.3 Å². The van der Waals surface area contributed by atoms with Gasteiger partial charge >= 0.3 is 0 Å². The lowest BCUT2D eigenvalue weighted by molar-refractivity contribution is -0.116. The maximum absolute atomic E-state index is 13.7. The molecule has 0 spiro atoms. The molecule has 0 radical (unpaired) electrons. The van der Waals surface area contributed by atoms with Gasteiger partial charge in [0, 0.05) is 27.4 Å². The van der Waals surface area contributed by atoms with Crippen LogP contribution in [-0.4, -0.2) is 27.1 Å². The zero-order valence-corrected chi connectivity index (χ0v) is 20.5. The number of para-hydroxylation sites is 2. The van der Waals surface area contributed by atoms with E-state index < -0.39 is 0 Å². The van der Waals surface area contributed by atoms with Gasteiger partial charge in [-0.25, -0.2) is 0 Å². The Bertz CT molecular complexity index is 1250. The normalized spacial score (nSPS) is 19.4. The number of carbonyl (C=O) groups is 1. The maximum atomic E-state index is 13.7. The van der Waals surface area contributed by atoms with Crippen LogP contribution in [0.5, 0.6) is 17.2 Å². The molecule has 2 aromatic carbocycles. The molecule has 0 amide bonds. The number of rotatable bonds is 5.